The van der Waals surface area contributed by atoms with Gasteiger partial charge in [-0.1, -0.05) is 19.1 Å². The van der Waals surface area contributed by atoms with Crippen LogP contribution in [0.5, 0.6) is 0 Å². The summed E-state index contributed by atoms with van der Waals surface area (Å²) < 4.78 is 1.70. The molecule has 0 unspecified atom stereocenters. The van der Waals surface area contributed by atoms with Gasteiger partial charge in [0.2, 0.25) is 0 Å². The molecule has 0 aromatic carbocycles. The van der Waals surface area contributed by atoms with Gasteiger partial charge in [-0.2, -0.15) is 0 Å². The maximum Gasteiger partial charge on any atom is 0.116 e. The van der Waals surface area contributed by atoms with E-state index in [-0.39, 0.29) is 0 Å². The zero-order chi connectivity index (χ0) is 8.97. The van der Waals surface area contributed by atoms with E-state index in [4.69, 9.17) is 0 Å². The van der Waals surface area contributed by atoms with E-state index in [9.17, 15) is 0 Å². The van der Waals surface area contributed by atoms with Gasteiger partial charge in [0.05, 0.1) is 6.20 Å². The Morgan fingerprint density at radius 2 is 2.08 bits per heavy atom. The molecule has 0 fully saturated rings. The van der Waals surface area contributed by atoms with Crippen LogP contribution in [-0.2, 0) is 7.05 Å². The van der Waals surface area contributed by atoms with Crippen molar-refractivity contribution in [2.45, 2.75) is 13.8 Å². The van der Waals surface area contributed by atoms with E-state index < -0.39 is 0 Å². The monoisotopic (exact) mass is 164 g/mol. The van der Waals surface area contributed by atoms with E-state index in [1.807, 2.05) is 27.0 Å². The van der Waals surface area contributed by atoms with Gasteiger partial charge in [0.15, 0.2) is 0 Å². The molecule has 0 spiro atoms. The van der Waals surface area contributed by atoms with Gasteiger partial charge in [0, 0.05) is 13.2 Å². The summed E-state index contributed by atoms with van der Waals surface area (Å²) in [7, 11) is 1.84. The second-order valence-corrected chi connectivity index (χ2v) is 2.08. The fraction of sp³-hybridized carbons (Fsp3) is 0.375. The van der Waals surface area contributed by atoms with E-state index in [0.29, 0.717) is 0 Å². The van der Waals surface area contributed by atoms with E-state index in [0.717, 1.165) is 11.0 Å². The van der Waals surface area contributed by atoms with Gasteiger partial charge in [-0.25, -0.2) is 4.68 Å². The highest BCUT2D eigenvalue weighted by Crippen LogP contribution is 2.04. The summed E-state index contributed by atoms with van der Waals surface area (Å²) in [5, 5.41) is 7.71. The fourth-order valence-corrected chi connectivity index (χ4v) is 0.876. The zero-order valence-corrected chi connectivity index (χ0v) is 7.52. The average Bonchev–Trinajstić information content (AvgIpc) is 2.53. The van der Waals surface area contributed by atoms with Crippen LogP contribution in [0.15, 0.2) is 18.5 Å². The van der Waals surface area contributed by atoms with Gasteiger partial charge in [-0.3, -0.25) is 4.98 Å². The Hall–Kier alpha value is -1.45. The molecule has 64 valence electrons. The Balaban J connectivity index is 0.000000336. The summed E-state index contributed by atoms with van der Waals surface area (Å²) in [5.41, 5.74) is 1.85. The van der Waals surface area contributed by atoms with Gasteiger partial charge in [-0.15, -0.1) is 5.10 Å². The highest BCUT2D eigenvalue weighted by Gasteiger charge is 1.96. The third-order valence-corrected chi connectivity index (χ3v) is 1.41. The first-order chi connectivity index (χ1) is 5.88. The second-order valence-electron chi connectivity index (χ2n) is 2.08. The predicted molar refractivity (Wildman–Crippen MR) is 47.7 cm³/mol. The van der Waals surface area contributed by atoms with Gasteiger partial charge in [-0.05, 0) is 6.07 Å². The normalized spacial score (nSPS) is 9.25. The van der Waals surface area contributed by atoms with Crippen molar-refractivity contribution < 1.29 is 0 Å². The van der Waals surface area contributed by atoms with Crippen LogP contribution < -0.4 is 0 Å². The molecule has 0 saturated carbocycles. The first-order valence-corrected chi connectivity index (χ1v) is 3.97. The molecule has 0 atom stereocenters. The maximum atomic E-state index is 3.95. The van der Waals surface area contributed by atoms with Crippen molar-refractivity contribution in [3.63, 3.8) is 0 Å². The molecule has 0 saturated heterocycles. The van der Waals surface area contributed by atoms with Gasteiger partial charge >= 0.3 is 0 Å². The van der Waals surface area contributed by atoms with Crippen LogP contribution in [0.4, 0.5) is 0 Å². The summed E-state index contributed by atoms with van der Waals surface area (Å²) in [6.45, 7) is 4.00. The number of aryl methyl sites for hydroxylation is 1. The summed E-state index contributed by atoms with van der Waals surface area (Å²) in [5.74, 6) is 0. The minimum Gasteiger partial charge on any atom is -0.262 e. The van der Waals surface area contributed by atoms with E-state index in [1.54, 1.807) is 17.1 Å². The average molecular weight is 164 g/mol. The van der Waals surface area contributed by atoms with Crippen molar-refractivity contribution in [1.29, 1.82) is 0 Å². The standard InChI is InChI=1S/C6H6N4.C2H6/c1-10-6-4-7-3-2-5(6)8-9-10;1-2/h2-4H,1H3;1-2H3. The Labute approximate surface area is 71.2 Å². The number of hydrogen-bond donors (Lipinski definition) is 0. The van der Waals surface area contributed by atoms with Crippen LogP contribution in [0.2, 0.25) is 0 Å². The Bertz CT molecular complexity index is 353. The molecule has 2 rings (SSSR count). The largest absolute Gasteiger partial charge is 0.262 e. The molecule has 4 heteroatoms. The molecule has 0 aliphatic rings. The third-order valence-electron chi connectivity index (χ3n) is 1.41. The van der Waals surface area contributed by atoms with Crippen molar-refractivity contribution in [2.24, 2.45) is 7.05 Å². The quantitative estimate of drug-likeness (QED) is 0.591. The number of aromatic nitrogens is 4. The van der Waals surface area contributed by atoms with Crippen molar-refractivity contribution in [3.8, 4) is 0 Å². The first kappa shape index (κ1) is 8.64. The molecule has 0 N–H and O–H groups in total. The fourth-order valence-electron chi connectivity index (χ4n) is 0.876. The molecular formula is C8H12N4. The third kappa shape index (κ3) is 1.42. The Kier molecular flexibility index (Phi) is 2.74. The van der Waals surface area contributed by atoms with Gasteiger partial charge < -0.3 is 0 Å². The molecule has 2 aromatic rings. The minimum atomic E-state index is 0.887. The van der Waals surface area contributed by atoms with Crippen molar-refractivity contribution >= 4 is 11.0 Å². The Morgan fingerprint density at radius 1 is 1.33 bits per heavy atom. The van der Waals surface area contributed by atoms with E-state index >= 15 is 0 Å². The highest BCUT2D eigenvalue weighted by molar-refractivity contribution is 5.72. The Morgan fingerprint density at radius 3 is 2.75 bits per heavy atom. The second kappa shape index (κ2) is 3.80. The van der Waals surface area contributed by atoms with E-state index in [2.05, 4.69) is 15.3 Å². The lowest BCUT2D eigenvalue weighted by Gasteiger charge is -1.86. The molecule has 0 amide bonds. The summed E-state index contributed by atoms with van der Waals surface area (Å²) in [6, 6.07) is 1.84. The summed E-state index contributed by atoms with van der Waals surface area (Å²) in [4.78, 5) is 3.95. The minimum absolute atomic E-state index is 0.887. The number of fused-ring (bicyclic) bond motifs is 1. The SMILES string of the molecule is CC.Cn1nnc2ccncc21. The van der Waals surface area contributed by atoms with E-state index in [1.165, 1.54) is 0 Å². The number of rotatable bonds is 0. The highest BCUT2D eigenvalue weighted by atomic mass is 15.4. The molecule has 2 heterocycles. The molecule has 0 aliphatic carbocycles. The summed E-state index contributed by atoms with van der Waals surface area (Å²) >= 11 is 0. The lowest BCUT2D eigenvalue weighted by Crippen LogP contribution is -1.89. The number of nitrogens with zero attached hydrogens (tertiary/aromatic N) is 4. The molecule has 12 heavy (non-hydrogen) atoms. The van der Waals surface area contributed by atoms with Crippen LogP contribution >= 0.6 is 0 Å². The first-order valence-electron chi connectivity index (χ1n) is 3.97. The molecule has 0 aliphatic heterocycles. The van der Waals surface area contributed by atoms with Gasteiger partial charge in [0.1, 0.15) is 11.0 Å². The van der Waals surface area contributed by atoms with Crippen LogP contribution in [0, 0.1) is 0 Å². The number of pyridine rings is 1. The zero-order valence-electron chi connectivity index (χ0n) is 7.52. The topological polar surface area (TPSA) is 43.6 Å². The summed E-state index contributed by atoms with van der Waals surface area (Å²) in [6.07, 6.45) is 3.45. The number of hydrogen-bond acceptors (Lipinski definition) is 3. The maximum absolute atomic E-state index is 3.95. The molecule has 2 aromatic heterocycles. The van der Waals surface area contributed by atoms with Crippen molar-refractivity contribution in [3.05, 3.63) is 18.5 Å². The molecule has 4 nitrogen and oxygen atoms in total. The lowest BCUT2D eigenvalue weighted by atomic mass is 10.4. The van der Waals surface area contributed by atoms with Crippen LogP contribution in [0.25, 0.3) is 11.0 Å². The predicted octanol–water partition coefficient (Wildman–Crippen LogP) is 1.39. The smallest absolute Gasteiger partial charge is 0.116 e. The van der Waals surface area contributed by atoms with Crippen molar-refractivity contribution in [1.82, 2.24) is 20.0 Å². The molecule has 0 radical (unpaired) electrons. The lowest BCUT2D eigenvalue weighted by molar-refractivity contribution is 0.735. The molecular weight excluding hydrogens is 152 g/mol. The van der Waals surface area contributed by atoms with Crippen molar-refractivity contribution in [2.75, 3.05) is 0 Å². The molecule has 0 bridgehead atoms. The van der Waals surface area contributed by atoms with Crippen LogP contribution in [0.1, 0.15) is 13.8 Å². The van der Waals surface area contributed by atoms with Crippen LogP contribution in [-0.4, -0.2) is 20.0 Å². The van der Waals surface area contributed by atoms with Crippen LogP contribution in [0.3, 0.4) is 0 Å². The van der Waals surface area contributed by atoms with Gasteiger partial charge in [0.25, 0.3) is 0 Å².